The molecular formula is C13H22N2O3S. The lowest BCUT2D eigenvalue weighted by atomic mass is 10.3. The molecule has 0 saturated carbocycles. The average molecular weight is 286 g/mol. The molecule has 108 valence electrons. The van der Waals surface area contributed by atoms with E-state index in [-0.39, 0.29) is 10.9 Å². The first-order chi connectivity index (χ1) is 8.99. The van der Waals surface area contributed by atoms with Crippen molar-refractivity contribution >= 4 is 15.7 Å². The molecule has 1 atom stereocenters. The van der Waals surface area contributed by atoms with Gasteiger partial charge in [-0.05, 0) is 44.5 Å². The molecule has 1 aromatic carbocycles. The van der Waals surface area contributed by atoms with Crippen molar-refractivity contribution in [3.8, 4) is 0 Å². The smallest absolute Gasteiger partial charge is 0.240 e. The van der Waals surface area contributed by atoms with Gasteiger partial charge in [-0.1, -0.05) is 0 Å². The highest BCUT2D eigenvalue weighted by molar-refractivity contribution is 7.89. The topological polar surface area (TPSA) is 67.4 Å². The molecule has 1 rings (SSSR count). The van der Waals surface area contributed by atoms with Gasteiger partial charge in [-0.15, -0.1) is 0 Å². The SMILES string of the molecule is CCNc1ccc(S(=O)(=O)NC(C)CCOC)cc1. The molecule has 0 amide bonds. The highest BCUT2D eigenvalue weighted by Gasteiger charge is 2.16. The Kier molecular flexibility index (Phi) is 6.27. The van der Waals surface area contributed by atoms with Crippen LogP contribution in [0.3, 0.4) is 0 Å². The van der Waals surface area contributed by atoms with Crippen molar-refractivity contribution < 1.29 is 13.2 Å². The van der Waals surface area contributed by atoms with Crippen molar-refractivity contribution in [2.75, 3.05) is 25.6 Å². The molecule has 0 aliphatic rings. The molecule has 1 aromatic rings. The minimum atomic E-state index is -3.45. The van der Waals surface area contributed by atoms with E-state index in [1.807, 2.05) is 13.8 Å². The van der Waals surface area contributed by atoms with E-state index in [0.717, 1.165) is 12.2 Å². The third-order valence-corrected chi connectivity index (χ3v) is 4.26. The van der Waals surface area contributed by atoms with E-state index < -0.39 is 10.0 Å². The first-order valence-corrected chi connectivity index (χ1v) is 7.83. The maximum Gasteiger partial charge on any atom is 0.240 e. The molecule has 0 fully saturated rings. The minimum absolute atomic E-state index is 0.154. The first kappa shape index (κ1) is 15.9. The Hall–Kier alpha value is -1.11. The van der Waals surface area contributed by atoms with Gasteiger partial charge >= 0.3 is 0 Å². The van der Waals surface area contributed by atoms with E-state index in [0.29, 0.717) is 13.0 Å². The van der Waals surface area contributed by atoms with E-state index in [9.17, 15) is 8.42 Å². The van der Waals surface area contributed by atoms with Gasteiger partial charge in [0.2, 0.25) is 10.0 Å². The van der Waals surface area contributed by atoms with Crippen molar-refractivity contribution in [1.82, 2.24) is 4.72 Å². The van der Waals surface area contributed by atoms with Crippen LogP contribution in [0.4, 0.5) is 5.69 Å². The van der Waals surface area contributed by atoms with Gasteiger partial charge in [0.25, 0.3) is 0 Å². The van der Waals surface area contributed by atoms with Gasteiger partial charge in [-0.3, -0.25) is 0 Å². The van der Waals surface area contributed by atoms with E-state index in [2.05, 4.69) is 10.0 Å². The highest BCUT2D eigenvalue weighted by atomic mass is 32.2. The van der Waals surface area contributed by atoms with Crippen LogP contribution in [0.5, 0.6) is 0 Å². The molecule has 0 heterocycles. The summed E-state index contributed by atoms with van der Waals surface area (Å²) in [5.74, 6) is 0. The number of anilines is 1. The maximum atomic E-state index is 12.1. The zero-order valence-electron chi connectivity index (χ0n) is 11.6. The molecular weight excluding hydrogens is 264 g/mol. The standard InChI is InChI=1S/C13H22N2O3S/c1-4-14-12-5-7-13(8-6-12)19(16,17)15-11(2)9-10-18-3/h5-8,11,14-15H,4,9-10H2,1-3H3. The predicted molar refractivity (Wildman–Crippen MR) is 76.9 cm³/mol. The van der Waals surface area contributed by atoms with E-state index in [1.165, 1.54) is 0 Å². The maximum absolute atomic E-state index is 12.1. The summed E-state index contributed by atoms with van der Waals surface area (Å²) in [5.41, 5.74) is 0.911. The predicted octanol–water partition coefficient (Wildman–Crippen LogP) is 1.82. The highest BCUT2D eigenvalue weighted by Crippen LogP contribution is 2.14. The van der Waals surface area contributed by atoms with Gasteiger partial charge in [-0.25, -0.2) is 13.1 Å². The summed E-state index contributed by atoms with van der Waals surface area (Å²) < 4.78 is 31.8. The molecule has 0 aromatic heterocycles. The molecule has 0 saturated heterocycles. The monoisotopic (exact) mass is 286 g/mol. The lowest BCUT2D eigenvalue weighted by molar-refractivity contribution is 0.188. The number of methoxy groups -OCH3 is 1. The summed E-state index contributed by atoms with van der Waals surface area (Å²) in [6.45, 7) is 5.15. The Labute approximate surface area is 115 Å². The Morgan fingerprint density at radius 2 is 1.89 bits per heavy atom. The van der Waals surface area contributed by atoms with Crippen LogP contribution >= 0.6 is 0 Å². The molecule has 0 spiro atoms. The quantitative estimate of drug-likeness (QED) is 0.765. The molecule has 2 N–H and O–H groups in total. The fourth-order valence-electron chi connectivity index (χ4n) is 1.64. The normalized spacial score (nSPS) is 13.2. The fourth-order valence-corrected chi connectivity index (χ4v) is 2.92. The molecule has 0 bridgehead atoms. The van der Waals surface area contributed by atoms with Gasteiger partial charge in [0.05, 0.1) is 4.90 Å². The second kappa shape index (κ2) is 7.47. The van der Waals surface area contributed by atoms with Crippen molar-refractivity contribution in [3.05, 3.63) is 24.3 Å². The number of ether oxygens (including phenoxy) is 1. The van der Waals surface area contributed by atoms with Crippen LogP contribution < -0.4 is 10.0 Å². The first-order valence-electron chi connectivity index (χ1n) is 6.34. The van der Waals surface area contributed by atoms with Crippen LogP contribution in [0, 0.1) is 0 Å². The van der Waals surface area contributed by atoms with Gasteiger partial charge in [0, 0.05) is 32.0 Å². The van der Waals surface area contributed by atoms with Gasteiger partial charge in [-0.2, -0.15) is 0 Å². The Bertz CT molecular complexity index is 471. The van der Waals surface area contributed by atoms with Crippen LogP contribution in [0.1, 0.15) is 20.3 Å². The molecule has 6 heteroatoms. The van der Waals surface area contributed by atoms with E-state index >= 15 is 0 Å². The molecule has 19 heavy (non-hydrogen) atoms. The van der Waals surface area contributed by atoms with Crippen LogP contribution in [0.2, 0.25) is 0 Å². The van der Waals surface area contributed by atoms with E-state index in [1.54, 1.807) is 31.4 Å². The fraction of sp³-hybridized carbons (Fsp3) is 0.538. The number of hydrogen-bond acceptors (Lipinski definition) is 4. The second-order valence-corrected chi connectivity index (χ2v) is 6.07. The Balaban J connectivity index is 2.71. The number of sulfonamides is 1. The molecule has 1 unspecified atom stereocenters. The van der Waals surface area contributed by atoms with Gasteiger partial charge in [0.1, 0.15) is 0 Å². The van der Waals surface area contributed by atoms with E-state index in [4.69, 9.17) is 4.74 Å². The van der Waals surface area contributed by atoms with Crippen LogP contribution in [-0.4, -0.2) is 34.7 Å². The lowest BCUT2D eigenvalue weighted by Gasteiger charge is -2.14. The minimum Gasteiger partial charge on any atom is -0.385 e. The molecule has 0 aliphatic carbocycles. The Morgan fingerprint density at radius 3 is 2.42 bits per heavy atom. The average Bonchev–Trinajstić information content (AvgIpc) is 2.37. The van der Waals surface area contributed by atoms with Gasteiger partial charge < -0.3 is 10.1 Å². The zero-order valence-corrected chi connectivity index (χ0v) is 12.5. The summed E-state index contributed by atoms with van der Waals surface area (Å²) >= 11 is 0. The summed E-state index contributed by atoms with van der Waals surface area (Å²) in [7, 11) is -1.86. The molecule has 0 radical (unpaired) electrons. The third-order valence-electron chi connectivity index (χ3n) is 2.66. The van der Waals surface area contributed by atoms with Crippen LogP contribution in [0.15, 0.2) is 29.2 Å². The van der Waals surface area contributed by atoms with Crippen LogP contribution in [-0.2, 0) is 14.8 Å². The van der Waals surface area contributed by atoms with Gasteiger partial charge in [0.15, 0.2) is 0 Å². The number of hydrogen-bond donors (Lipinski definition) is 2. The summed E-state index contributed by atoms with van der Waals surface area (Å²) in [6, 6.07) is 6.57. The second-order valence-electron chi connectivity index (χ2n) is 4.36. The molecule has 0 aliphatic heterocycles. The van der Waals surface area contributed by atoms with Crippen molar-refractivity contribution in [2.24, 2.45) is 0 Å². The third kappa shape index (κ3) is 5.18. The lowest BCUT2D eigenvalue weighted by Crippen LogP contribution is -2.33. The summed E-state index contributed by atoms with van der Waals surface area (Å²) in [6.07, 6.45) is 0.644. The number of rotatable bonds is 8. The number of nitrogens with one attached hydrogen (secondary N) is 2. The van der Waals surface area contributed by atoms with Crippen molar-refractivity contribution in [1.29, 1.82) is 0 Å². The summed E-state index contributed by atoms with van der Waals surface area (Å²) in [5, 5.41) is 3.12. The van der Waals surface area contributed by atoms with Crippen LogP contribution in [0.25, 0.3) is 0 Å². The molecule has 5 nitrogen and oxygen atoms in total. The van der Waals surface area contributed by atoms with Crippen molar-refractivity contribution in [2.45, 2.75) is 31.2 Å². The zero-order chi connectivity index (χ0) is 14.3. The van der Waals surface area contributed by atoms with Crippen molar-refractivity contribution in [3.63, 3.8) is 0 Å². The summed E-state index contributed by atoms with van der Waals surface area (Å²) in [4.78, 5) is 0.276. The largest absolute Gasteiger partial charge is 0.385 e. The number of benzene rings is 1. The Morgan fingerprint density at radius 1 is 1.26 bits per heavy atom.